The number of fused-ring (bicyclic) bond motifs is 2. The van der Waals surface area contributed by atoms with Crippen LogP contribution in [0.25, 0.3) is 0 Å². The van der Waals surface area contributed by atoms with Crippen molar-refractivity contribution in [3.8, 4) is 0 Å². The molecule has 0 radical (unpaired) electrons. The van der Waals surface area contributed by atoms with E-state index in [4.69, 9.17) is 9.59 Å². The second-order valence-electron chi connectivity index (χ2n) is 6.44. The lowest BCUT2D eigenvalue weighted by atomic mass is 9.43. The van der Waals surface area contributed by atoms with Crippen LogP contribution in [0.4, 0.5) is 0 Å². The van der Waals surface area contributed by atoms with E-state index < -0.39 is 0 Å². The summed E-state index contributed by atoms with van der Waals surface area (Å²) in [4.78, 5) is 16.2. The normalized spacial score (nSPS) is 37.2. The van der Waals surface area contributed by atoms with Crippen molar-refractivity contribution < 1.29 is 9.59 Å². The van der Waals surface area contributed by atoms with Gasteiger partial charge >= 0.3 is 6.15 Å². The molecule has 0 aromatic heterocycles. The maximum Gasteiger partial charge on any atom is 0.373 e. The van der Waals surface area contributed by atoms with Gasteiger partial charge in [0.05, 0.1) is 0 Å². The highest BCUT2D eigenvalue weighted by Crippen LogP contribution is 2.63. The van der Waals surface area contributed by atoms with E-state index in [-0.39, 0.29) is 6.15 Å². The Morgan fingerprint density at radius 1 is 1.24 bits per heavy atom. The van der Waals surface area contributed by atoms with Crippen molar-refractivity contribution in [2.75, 3.05) is 0 Å². The minimum atomic E-state index is 0.250. The first-order valence-electron chi connectivity index (χ1n) is 6.98. The molecule has 0 aromatic rings. The standard InChI is InChI=1S/C14H26.CO2/c1-5-6-7-11-8-12-9-13(10(11)2)14(12,3)4;2-1-3/h10-13H,5-9H2,1-4H3;/t10-,11+,12+,13+;/m0./s1. The summed E-state index contributed by atoms with van der Waals surface area (Å²) < 4.78 is 0. The molecule has 0 N–H and O–H groups in total. The molecule has 0 unspecified atom stereocenters. The highest BCUT2D eigenvalue weighted by molar-refractivity contribution is 5.20. The zero-order valence-electron chi connectivity index (χ0n) is 11.7. The Bertz CT molecular complexity index is 277. The Hall–Kier alpha value is -0.620. The fourth-order valence-electron chi connectivity index (χ4n) is 4.10. The quantitative estimate of drug-likeness (QED) is 0.747. The van der Waals surface area contributed by atoms with E-state index >= 15 is 0 Å². The molecule has 3 fully saturated rings. The summed E-state index contributed by atoms with van der Waals surface area (Å²) >= 11 is 0. The minimum absolute atomic E-state index is 0.250. The molecule has 3 aliphatic carbocycles. The van der Waals surface area contributed by atoms with Crippen LogP contribution in [0.5, 0.6) is 0 Å². The number of hydrogen-bond donors (Lipinski definition) is 0. The van der Waals surface area contributed by atoms with Crippen LogP contribution >= 0.6 is 0 Å². The fraction of sp³-hybridized carbons (Fsp3) is 0.933. The number of rotatable bonds is 3. The van der Waals surface area contributed by atoms with Gasteiger partial charge in [0.15, 0.2) is 0 Å². The third-order valence-electron chi connectivity index (χ3n) is 5.44. The highest BCUT2D eigenvalue weighted by atomic mass is 16.2. The van der Waals surface area contributed by atoms with Crippen LogP contribution in [0, 0.1) is 29.1 Å². The SMILES string of the molecule is CCCC[C@@H]1C[C@@H]2C[C@H]([C@H]1C)C2(C)C.O=C=O. The maximum absolute atomic E-state index is 8.12. The van der Waals surface area contributed by atoms with Crippen molar-refractivity contribution in [2.45, 2.75) is 59.8 Å². The lowest BCUT2D eigenvalue weighted by Crippen LogP contribution is -2.54. The van der Waals surface area contributed by atoms with Gasteiger partial charge in [-0.1, -0.05) is 47.0 Å². The fourth-order valence-corrected chi connectivity index (χ4v) is 4.10. The smallest absolute Gasteiger partial charge is 0.186 e. The van der Waals surface area contributed by atoms with Gasteiger partial charge in [-0.25, -0.2) is 0 Å². The average molecular weight is 238 g/mol. The molecule has 0 saturated heterocycles. The Kier molecular flexibility index (Phi) is 4.94. The Balaban J connectivity index is 0.000000437. The van der Waals surface area contributed by atoms with Gasteiger partial charge in [0, 0.05) is 0 Å². The summed E-state index contributed by atoms with van der Waals surface area (Å²) in [7, 11) is 0. The minimum Gasteiger partial charge on any atom is -0.186 e. The number of hydrogen-bond acceptors (Lipinski definition) is 2. The zero-order valence-corrected chi connectivity index (χ0v) is 11.7. The van der Waals surface area contributed by atoms with E-state index in [1.54, 1.807) is 0 Å². The van der Waals surface area contributed by atoms with Crippen LogP contribution in [-0.4, -0.2) is 6.15 Å². The molecule has 3 rings (SSSR count). The molecule has 3 aliphatic rings. The summed E-state index contributed by atoms with van der Waals surface area (Å²) in [5.41, 5.74) is 0.683. The molecule has 0 aliphatic heterocycles. The van der Waals surface area contributed by atoms with Gasteiger partial charge in [-0.15, -0.1) is 0 Å². The molecule has 98 valence electrons. The van der Waals surface area contributed by atoms with Crippen LogP contribution in [0.2, 0.25) is 0 Å². The van der Waals surface area contributed by atoms with Gasteiger partial charge in [0.1, 0.15) is 0 Å². The van der Waals surface area contributed by atoms with E-state index in [1.807, 2.05) is 0 Å². The molecule has 0 spiro atoms. The Labute approximate surface area is 105 Å². The van der Waals surface area contributed by atoms with Crippen LogP contribution in [0.15, 0.2) is 0 Å². The van der Waals surface area contributed by atoms with Gasteiger partial charge in [-0.2, -0.15) is 9.59 Å². The van der Waals surface area contributed by atoms with Crippen LogP contribution < -0.4 is 0 Å². The summed E-state index contributed by atoms with van der Waals surface area (Å²) in [6, 6.07) is 0. The molecule has 0 heterocycles. The average Bonchev–Trinajstić information content (AvgIpc) is 2.28. The third-order valence-corrected chi connectivity index (χ3v) is 5.44. The van der Waals surface area contributed by atoms with Crippen molar-refractivity contribution in [2.24, 2.45) is 29.1 Å². The first-order valence-corrected chi connectivity index (χ1v) is 6.98. The lowest BCUT2D eigenvalue weighted by Gasteiger charge is -2.62. The van der Waals surface area contributed by atoms with Crippen LogP contribution in [0.3, 0.4) is 0 Å². The van der Waals surface area contributed by atoms with Gasteiger partial charge in [-0.3, -0.25) is 0 Å². The first kappa shape index (κ1) is 14.4. The molecule has 2 bridgehead atoms. The maximum atomic E-state index is 8.12. The topological polar surface area (TPSA) is 34.1 Å². The van der Waals surface area contributed by atoms with Gasteiger partial charge < -0.3 is 0 Å². The highest BCUT2D eigenvalue weighted by Gasteiger charge is 2.55. The summed E-state index contributed by atoms with van der Waals surface area (Å²) in [6.45, 7) is 9.83. The molecule has 0 amide bonds. The molecule has 17 heavy (non-hydrogen) atoms. The number of carbonyl (C=O) groups excluding carboxylic acids is 2. The third kappa shape index (κ3) is 2.80. The summed E-state index contributed by atoms with van der Waals surface area (Å²) in [6.07, 6.45) is 7.65. The number of unbranched alkanes of at least 4 members (excludes halogenated alkanes) is 1. The molecule has 4 atom stereocenters. The van der Waals surface area contributed by atoms with E-state index in [0.717, 1.165) is 23.7 Å². The molecule has 2 nitrogen and oxygen atoms in total. The van der Waals surface area contributed by atoms with Crippen molar-refractivity contribution in [3.63, 3.8) is 0 Å². The lowest BCUT2D eigenvalue weighted by molar-refractivity contribution is -0.191. The molecule has 3 saturated carbocycles. The van der Waals surface area contributed by atoms with E-state index in [9.17, 15) is 0 Å². The van der Waals surface area contributed by atoms with Crippen LogP contribution in [0.1, 0.15) is 59.8 Å². The van der Waals surface area contributed by atoms with E-state index in [0.29, 0.717) is 5.41 Å². The van der Waals surface area contributed by atoms with Gasteiger partial charge in [-0.05, 0) is 41.9 Å². The molecule has 2 heteroatoms. The predicted molar refractivity (Wildman–Crippen MR) is 67.2 cm³/mol. The zero-order chi connectivity index (χ0) is 13.1. The summed E-state index contributed by atoms with van der Waals surface area (Å²) in [5.74, 6) is 4.17. The Morgan fingerprint density at radius 3 is 2.24 bits per heavy atom. The second kappa shape index (κ2) is 5.82. The van der Waals surface area contributed by atoms with Crippen molar-refractivity contribution in [1.29, 1.82) is 0 Å². The van der Waals surface area contributed by atoms with Gasteiger partial charge in [0.2, 0.25) is 0 Å². The molecule has 0 aromatic carbocycles. The first-order chi connectivity index (χ1) is 7.98. The second-order valence-corrected chi connectivity index (χ2v) is 6.44. The van der Waals surface area contributed by atoms with E-state index in [2.05, 4.69) is 27.7 Å². The monoisotopic (exact) mass is 238 g/mol. The van der Waals surface area contributed by atoms with Crippen LogP contribution in [-0.2, 0) is 9.59 Å². The van der Waals surface area contributed by atoms with Crippen molar-refractivity contribution in [1.82, 2.24) is 0 Å². The molecular formula is C15H26O2. The largest absolute Gasteiger partial charge is 0.373 e. The van der Waals surface area contributed by atoms with Crippen molar-refractivity contribution >= 4 is 6.15 Å². The predicted octanol–water partition coefficient (Wildman–Crippen LogP) is 3.91. The van der Waals surface area contributed by atoms with Crippen molar-refractivity contribution in [3.05, 3.63) is 0 Å². The van der Waals surface area contributed by atoms with E-state index in [1.165, 1.54) is 32.1 Å². The Morgan fingerprint density at radius 2 is 1.82 bits per heavy atom. The molecular weight excluding hydrogens is 212 g/mol. The summed E-state index contributed by atoms with van der Waals surface area (Å²) in [5, 5.41) is 0. The van der Waals surface area contributed by atoms with Gasteiger partial charge in [0.25, 0.3) is 0 Å².